The minimum absolute atomic E-state index is 0.140. The molecule has 2 aromatic carbocycles. The van der Waals surface area contributed by atoms with Crippen molar-refractivity contribution in [3.63, 3.8) is 0 Å². The number of anilines is 1. The summed E-state index contributed by atoms with van der Waals surface area (Å²) < 4.78 is 7.36. The van der Waals surface area contributed by atoms with E-state index < -0.39 is 0 Å². The lowest BCUT2D eigenvalue weighted by Crippen LogP contribution is -2.08. The van der Waals surface area contributed by atoms with Gasteiger partial charge in [-0.3, -0.25) is 4.79 Å². The zero-order valence-electron chi connectivity index (χ0n) is 18.4. The number of thiazole rings is 1. The van der Waals surface area contributed by atoms with Crippen molar-refractivity contribution in [2.75, 3.05) is 12.3 Å². The molecule has 6 heteroatoms. The van der Waals surface area contributed by atoms with Gasteiger partial charge >= 0.3 is 0 Å². The number of hydrogen-bond acceptors (Lipinski definition) is 5. The minimum atomic E-state index is -0.140. The number of ether oxygens (including phenoxy) is 1. The Labute approximate surface area is 196 Å². The van der Waals surface area contributed by atoms with Gasteiger partial charge in [0, 0.05) is 22.7 Å². The third kappa shape index (κ3) is 3.79. The number of carbonyl (C=O) groups is 1. The summed E-state index contributed by atoms with van der Waals surface area (Å²) in [6.07, 6.45) is 1.87. The predicted octanol–water partition coefficient (Wildman–Crippen LogP) is 6.25. The molecule has 33 heavy (non-hydrogen) atoms. The summed E-state index contributed by atoms with van der Waals surface area (Å²) in [5.74, 6) is 0.590. The number of benzene rings is 2. The topological polar surface area (TPSA) is 69.6 Å². The summed E-state index contributed by atoms with van der Waals surface area (Å²) in [5, 5.41) is 2.82. The van der Waals surface area contributed by atoms with Gasteiger partial charge in [-0.2, -0.15) is 0 Å². The van der Waals surface area contributed by atoms with E-state index in [1.165, 1.54) is 16.9 Å². The van der Waals surface area contributed by atoms with Crippen LogP contribution in [-0.2, 0) is 0 Å². The second kappa shape index (κ2) is 8.56. The van der Waals surface area contributed by atoms with Crippen LogP contribution in [0.2, 0.25) is 0 Å². The Kier molecular flexibility index (Phi) is 5.44. The Hall–Kier alpha value is -3.90. The second-order valence-electron chi connectivity index (χ2n) is 7.78. The van der Waals surface area contributed by atoms with Crippen LogP contribution in [0, 0.1) is 6.92 Å². The van der Waals surface area contributed by atoms with Gasteiger partial charge in [0.15, 0.2) is 0 Å². The summed E-state index contributed by atoms with van der Waals surface area (Å²) in [6, 6.07) is 21.2. The predicted molar refractivity (Wildman–Crippen MR) is 134 cm³/mol. The van der Waals surface area contributed by atoms with E-state index in [4.69, 9.17) is 15.5 Å². The molecule has 5 rings (SSSR count). The van der Waals surface area contributed by atoms with Crippen LogP contribution < -0.4 is 10.5 Å². The minimum Gasteiger partial charge on any atom is -0.494 e. The number of aryl methyl sites for hydroxylation is 1. The maximum atomic E-state index is 13.5. The Morgan fingerprint density at radius 2 is 1.82 bits per heavy atom. The lowest BCUT2D eigenvalue weighted by atomic mass is 10.1. The summed E-state index contributed by atoms with van der Waals surface area (Å²) in [4.78, 5) is 18.4. The number of rotatable bonds is 6. The number of fused-ring (bicyclic) bond motifs is 1. The number of aromatic nitrogens is 2. The summed E-state index contributed by atoms with van der Waals surface area (Å²) in [6.45, 7) is 4.56. The third-order valence-electron chi connectivity index (χ3n) is 5.59. The van der Waals surface area contributed by atoms with Crippen molar-refractivity contribution in [3.8, 4) is 27.6 Å². The van der Waals surface area contributed by atoms with Gasteiger partial charge in [0.1, 0.15) is 16.5 Å². The van der Waals surface area contributed by atoms with Crippen LogP contribution in [0.1, 0.15) is 28.5 Å². The number of pyridine rings is 1. The maximum absolute atomic E-state index is 13.5. The number of nitrogens with zero attached hydrogens (tertiary/aromatic N) is 2. The van der Waals surface area contributed by atoms with Gasteiger partial charge in [0.05, 0.1) is 29.1 Å². The van der Waals surface area contributed by atoms with Gasteiger partial charge < -0.3 is 14.9 Å². The van der Waals surface area contributed by atoms with E-state index in [1.54, 1.807) is 24.3 Å². The molecule has 0 bridgehead atoms. The number of nitrogen functional groups attached to an aromatic ring is 1. The Balaban J connectivity index is 1.60. The van der Waals surface area contributed by atoms with E-state index in [0.29, 0.717) is 23.6 Å². The molecule has 0 saturated heterocycles. The molecule has 5 nitrogen and oxygen atoms in total. The Bertz CT molecular complexity index is 1450. The number of nitrogens with two attached hydrogens (primary N) is 1. The zero-order chi connectivity index (χ0) is 22.9. The zero-order valence-corrected chi connectivity index (χ0v) is 19.2. The van der Waals surface area contributed by atoms with Gasteiger partial charge in [-0.1, -0.05) is 35.9 Å². The SMILES string of the molecule is CCOc1ccc(C(=O)c2c(N)c(-c3nc(-c4ccc(C)cc4)cs3)c3ccccn23)cc1. The first-order valence-corrected chi connectivity index (χ1v) is 11.6. The molecule has 0 aliphatic carbocycles. The largest absolute Gasteiger partial charge is 0.494 e. The molecule has 0 aliphatic heterocycles. The summed E-state index contributed by atoms with van der Waals surface area (Å²) in [7, 11) is 0. The molecule has 0 atom stereocenters. The average molecular weight is 454 g/mol. The highest BCUT2D eigenvalue weighted by atomic mass is 32.1. The van der Waals surface area contributed by atoms with Crippen molar-refractivity contribution in [2.45, 2.75) is 13.8 Å². The average Bonchev–Trinajstić information content (AvgIpc) is 3.42. The fourth-order valence-electron chi connectivity index (χ4n) is 3.94. The fraction of sp³-hybridized carbons (Fsp3) is 0.111. The molecular weight excluding hydrogens is 430 g/mol. The highest BCUT2D eigenvalue weighted by Gasteiger charge is 2.25. The second-order valence-corrected chi connectivity index (χ2v) is 8.64. The molecule has 3 heterocycles. The molecule has 5 aromatic rings. The van der Waals surface area contributed by atoms with Crippen LogP contribution in [0.4, 0.5) is 5.69 Å². The molecule has 0 radical (unpaired) electrons. The molecular formula is C27H23N3O2S. The van der Waals surface area contributed by atoms with E-state index in [0.717, 1.165) is 33.1 Å². The van der Waals surface area contributed by atoms with E-state index >= 15 is 0 Å². The first-order valence-electron chi connectivity index (χ1n) is 10.8. The number of hydrogen-bond donors (Lipinski definition) is 1. The van der Waals surface area contributed by atoms with Crippen LogP contribution >= 0.6 is 11.3 Å². The van der Waals surface area contributed by atoms with Crippen LogP contribution in [-0.4, -0.2) is 21.8 Å². The van der Waals surface area contributed by atoms with Crippen LogP contribution in [0.5, 0.6) is 5.75 Å². The molecule has 0 amide bonds. The first-order chi connectivity index (χ1) is 16.1. The molecule has 0 spiro atoms. The van der Waals surface area contributed by atoms with E-state index in [-0.39, 0.29) is 5.78 Å². The van der Waals surface area contributed by atoms with Crippen LogP contribution in [0.25, 0.3) is 27.3 Å². The molecule has 0 aliphatic rings. The fourth-order valence-corrected chi connectivity index (χ4v) is 4.83. The lowest BCUT2D eigenvalue weighted by Gasteiger charge is -2.06. The van der Waals surface area contributed by atoms with E-state index in [2.05, 4.69) is 31.2 Å². The molecule has 3 aromatic heterocycles. The maximum Gasteiger partial charge on any atom is 0.211 e. The number of carbonyl (C=O) groups excluding carboxylic acids is 1. The quantitative estimate of drug-likeness (QED) is 0.309. The number of ketones is 1. The van der Waals surface area contributed by atoms with Gasteiger partial charge in [-0.25, -0.2) is 4.98 Å². The molecule has 0 saturated carbocycles. The Morgan fingerprint density at radius 1 is 1.06 bits per heavy atom. The lowest BCUT2D eigenvalue weighted by molar-refractivity contribution is 0.103. The smallest absolute Gasteiger partial charge is 0.211 e. The highest BCUT2D eigenvalue weighted by Crippen LogP contribution is 2.39. The van der Waals surface area contributed by atoms with Crippen LogP contribution in [0.15, 0.2) is 78.3 Å². The summed E-state index contributed by atoms with van der Waals surface area (Å²) in [5.41, 5.74) is 12.9. The first kappa shape index (κ1) is 21.0. The van der Waals surface area contributed by atoms with Crippen molar-refractivity contribution in [1.82, 2.24) is 9.38 Å². The molecule has 0 unspecified atom stereocenters. The van der Waals surface area contributed by atoms with Crippen molar-refractivity contribution in [3.05, 3.63) is 95.1 Å². The summed E-state index contributed by atoms with van der Waals surface area (Å²) >= 11 is 1.53. The van der Waals surface area contributed by atoms with Crippen molar-refractivity contribution in [2.24, 2.45) is 0 Å². The molecule has 2 N–H and O–H groups in total. The highest BCUT2D eigenvalue weighted by molar-refractivity contribution is 7.13. The van der Waals surface area contributed by atoms with Crippen molar-refractivity contribution < 1.29 is 9.53 Å². The van der Waals surface area contributed by atoms with E-state index in [1.807, 2.05) is 41.1 Å². The monoisotopic (exact) mass is 453 g/mol. The van der Waals surface area contributed by atoms with Crippen molar-refractivity contribution in [1.29, 1.82) is 0 Å². The molecule has 164 valence electrons. The van der Waals surface area contributed by atoms with Crippen molar-refractivity contribution >= 4 is 28.3 Å². The van der Waals surface area contributed by atoms with Gasteiger partial charge in [-0.15, -0.1) is 11.3 Å². The van der Waals surface area contributed by atoms with Gasteiger partial charge in [-0.05, 0) is 50.2 Å². The van der Waals surface area contributed by atoms with E-state index in [9.17, 15) is 4.79 Å². The van der Waals surface area contributed by atoms with Gasteiger partial charge in [0.25, 0.3) is 0 Å². The van der Waals surface area contributed by atoms with Gasteiger partial charge in [0.2, 0.25) is 5.78 Å². The normalized spacial score (nSPS) is 11.1. The molecule has 0 fully saturated rings. The third-order valence-corrected chi connectivity index (χ3v) is 6.45. The van der Waals surface area contributed by atoms with Crippen LogP contribution in [0.3, 0.4) is 0 Å². The standard InChI is InChI=1S/C27H23N3O2S/c1-3-32-20-13-11-19(12-14-20)26(31)25-24(28)23(22-6-4-5-15-30(22)25)27-29-21(16-33-27)18-9-7-17(2)8-10-18/h4-16H,3,28H2,1-2H3. The Morgan fingerprint density at radius 3 is 2.55 bits per heavy atom.